The van der Waals surface area contributed by atoms with Crippen LogP contribution < -0.4 is 9.47 Å². The van der Waals surface area contributed by atoms with E-state index in [1.807, 2.05) is 36.4 Å². The molecule has 0 spiro atoms. The second kappa shape index (κ2) is 16.7. The summed E-state index contributed by atoms with van der Waals surface area (Å²) in [5, 5.41) is -0.719. The Morgan fingerprint density at radius 2 is 1.27 bits per heavy atom. The second-order valence-electron chi connectivity index (χ2n) is 9.18. The normalized spacial score (nSPS) is 12.4. The van der Waals surface area contributed by atoms with Gasteiger partial charge in [-0.3, -0.25) is 4.79 Å². The van der Waals surface area contributed by atoms with E-state index in [-0.39, 0.29) is 0 Å². The van der Waals surface area contributed by atoms with Crippen LogP contribution in [0, 0.1) is 0 Å². The maximum atomic E-state index is 12.6. The molecule has 3 aromatic rings. The van der Waals surface area contributed by atoms with Crippen molar-refractivity contribution in [2.75, 3.05) is 33.0 Å². The molecule has 2 unspecified atom stereocenters. The van der Waals surface area contributed by atoms with Gasteiger partial charge in [-0.05, 0) is 73.4 Å². The van der Waals surface area contributed by atoms with Gasteiger partial charge in [-0.25, -0.2) is 4.79 Å². The van der Waals surface area contributed by atoms with Crippen molar-refractivity contribution in [1.82, 2.24) is 0 Å². The van der Waals surface area contributed by atoms with E-state index in [1.165, 1.54) is 0 Å². The quantitative estimate of drug-likeness (QED) is 0.0795. The fourth-order valence-electron chi connectivity index (χ4n) is 3.64. The summed E-state index contributed by atoms with van der Waals surface area (Å²) < 4.78 is 27.5. The van der Waals surface area contributed by atoms with Crippen LogP contribution in [0.1, 0.15) is 55.6 Å². The highest BCUT2D eigenvalue weighted by Gasteiger charge is 2.16. The van der Waals surface area contributed by atoms with Gasteiger partial charge < -0.3 is 23.7 Å². The Morgan fingerprint density at radius 3 is 1.88 bits per heavy atom. The first-order chi connectivity index (χ1) is 19.4. The summed E-state index contributed by atoms with van der Waals surface area (Å²) >= 11 is 5.75. The molecule has 0 heterocycles. The zero-order chi connectivity index (χ0) is 28.7. The molecule has 8 heteroatoms. The molecule has 3 rings (SSSR count). The minimum Gasteiger partial charge on any atom is -0.491 e. The number of carbonyl (C=O) groups is 2. The van der Waals surface area contributed by atoms with Crippen molar-refractivity contribution >= 4 is 23.5 Å². The van der Waals surface area contributed by atoms with Crippen LogP contribution in [0.25, 0.3) is 11.1 Å². The molecule has 214 valence electrons. The van der Waals surface area contributed by atoms with E-state index in [4.69, 9.17) is 35.3 Å². The molecule has 0 aliphatic heterocycles. The third-order valence-electron chi connectivity index (χ3n) is 6.00. The van der Waals surface area contributed by atoms with Gasteiger partial charge in [0.25, 0.3) is 0 Å². The molecule has 3 aromatic carbocycles. The predicted octanol–water partition coefficient (Wildman–Crippen LogP) is 7.02. The SMILES string of the molecule is CCCCOCCOCCOc1ccc(-c2ccc(C(=O)Oc3ccc(C(C)OC(=O)C(C)Cl)cc3)cc2)cc1. The molecule has 0 fully saturated rings. The molecule has 40 heavy (non-hydrogen) atoms. The van der Waals surface area contributed by atoms with Gasteiger partial charge in [-0.1, -0.05) is 49.7 Å². The second-order valence-corrected chi connectivity index (χ2v) is 9.84. The van der Waals surface area contributed by atoms with Crippen LogP contribution in [-0.2, 0) is 19.0 Å². The van der Waals surface area contributed by atoms with E-state index >= 15 is 0 Å². The van der Waals surface area contributed by atoms with Gasteiger partial charge in [-0.15, -0.1) is 11.6 Å². The summed E-state index contributed by atoms with van der Waals surface area (Å²) in [7, 11) is 0. The first-order valence-electron chi connectivity index (χ1n) is 13.5. The van der Waals surface area contributed by atoms with Gasteiger partial charge in [0.1, 0.15) is 29.6 Å². The first kappa shape index (κ1) is 31.1. The highest BCUT2D eigenvalue weighted by atomic mass is 35.5. The lowest BCUT2D eigenvalue weighted by Gasteiger charge is -2.15. The minimum atomic E-state index is -0.719. The van der Waals surface area contributed by atoms with Crippen LogP contribution >= 0.6 is 11.6 Å². The molecule has 0 N–H and O–H groups in total. The van der Waals surface area contributed by atoms with E-state index in [0.29, 0.717) is 37.7 Å². The smallest absolute Gasteiger partial charge is 0.343 e. The Balaban J connectivity index is 1.44. The molecule has 0 amide bonds. The number of ether oxygens (including phenoxy) is 5. The Bertz CT molecular complexity index is 1180. The lowest BCUT2D eigenvalue weighted by molar-refractivity contribution is -0.147. The van der Waals surface area contributed by atoms with Crippen molar-refractivity contribution in [1.29, 1.82) is 0 Å². The van der Waals surface area contributed by atoms with Gasteiger partial charge in [0.15, 0.2) is 0 Å². The molecular weight excluding hydrogens is 532 g/mol. The number of halogens is 1. The third-order valence-corrected chi connectivity index (χ3v) is 6.17. The monoisotopic (exact) mass is 568 g/mol. The average molecular weight is 569 g/mol. The van der Waals surface area contributed by atoms with Crippen molar-refractivity contribution in [2.24, 2.45) is 0 Å². The Kier molecular flexibility index (Phi) is 13.0. The number of hydrogen-bond donors (Lipinski definition) is 0. The number of alkyl halides is 1. The molecular formula is C32H37ClO7. The largest absolute Gasteiger partial charge is 0.491 e. The van der Waals surface area contributed by atoms with Crippen molar-refractivity contribution in [3.63, 3.8) is 0 Å². The van der Waals surface area contributed by atoms with Crippen molar-refractivity contribution in [3.05, 3.63) is 83.9 Å². The summed E-state index contributed by atoms with van der Waals surface area (Å²) in [6.45, 7) is 8.36. The van der Waals surface area contributed by atoms with Crippen LogP contribution in [-0.4, -0.2) is 50.4 Å². The van der Waals surface area contributed by atoms with Crippen molar-refractivity contribution < 1.29 is 33.3 Å². The van der Waals surface area contributed by atoms with Crippen LogP contribution in [0.4, 0.5) is 0 Å². The van der Waals surface area contributed by atoms with E-state index in [9.17, 15) is 9.59 Å². The lowest BCUT2D eigenvalue weighted by Crippen LogP contribution is -2.16. The maximum absolute atomic E-state index is 12.6. The Hall–Kier alpha value is -3.39. The fraction of sp³-hybridized carbons (Fsp3) is 0.375. The van der Waals surface area contributed by atoms with Crippen molar-refractivity contribution in [3.8, 4) is 22.6 Å². The zero-order valence-corrected chi connectivity index (χ0v) is 24.0. The van der Waals surface area contributed by atoms with Gasteiger partial charge in [0.2, 0.25) is 0 Å². The highest BCUT2D eigenvalue weighted by Crippen LogP contribution is 2.25. The fourth-order valence-corrected chi connectivity index (χ4v) is 3.69. The number of carbonyl (C=O) groups excluding carboxylic acids is 2. The zero-order valence-electron chi connectivity index (χ0n) is 23.3. The summed E-state index contributed by atoms with van der Waals surface area (Å²) in [5.74, 6) is 0.202. The summed E-state index contributed by atoms with van der Waals surface area (Å²) in [5.41, 5.74) is 3.17. The standard InChI is InChI=1S/C32H37ClO7/c1-4-5-18-36-19-20-37-21-22-38-29-14-12-27(13-15-29)26-6-8-28(9-7-26)32(35)40-30-16-10-25(11-17-30)24(3)39-31(34)23(2)33/h6-17,23-24H,4-5,18-22H2,1-3H3. The predicted molar refractivity (Wildman–Crippen MR) is 155 cm³/mol. The van der Waals surface area contributed by atoms with Crippen LogP contribution in [0.3, 0.4) is 0 Å². The number of benzene rings is 3. The summed E-state index contributed by atoms with van der Waals surface area (Å²) in [4.78, 5) is 24.3. The van der Waals surface area contributed by atoms with Crippen LogP contribution in [0.5, 0.6) is 11.5 Å². The minimum absolute atomic E-state index is 0.392. The number of esters is 2. The van der Waals surface area contributed by atoms with Crippen LogP contribution in [0.15, 0.2) is 72.8 Å². The van der Waals surface area contributed by atoms with Crippen LogP contribution in [0.2, 0.25) is 0 Å². The molecule has 0 aliphatic rings. The van der Waals surface area contributed by atoms with E-state index in [1.54, 1.807) is 50.2 Å². The van der Waals surface area contributed by atoms with Gasteiger partial charge in [0, 0.05) is 6.61 Å². The van der Waals surface area contributed by atoms with Gasteiger partial charge in [-0.2, -0.15) is 0 Å². The maximum Gasteiger partial charge on any atom is 0.343 e. The third kappa shape index (κ3) is 10.3. The molecule has 7 nitrogen and oxygen atoms in total. The molecule has 0 aromatic heterocycles. The average Bonchev–Trinajstić information content (AvgIpc) is 2.97. The summed E-state index contributed by atoms with van der Waals surface area (Å²) in [6.07, 6.45) is 1.73. The molecule has 0 bridgehead atoms. The number of hydrogen-bond acceptors (Lipinski definition) is 7. The van der Waals surface area contributed by atoms with E-state index in [2.05, 4.69) is 6.92 Å². The Morgan fingerprint density at radius 1 is 0.725 bits per heavy atom. The first-order valence-corrected chi connectivity index (χ1v) is 14.0. The summed E-state index contributed by atoms with van der Waals surface area (Å²) in [6, 6.07) is 21.8. The van der Waals surface area contributed by atoms with Gasteiger partial charge in [0.05, 0.1) is 25.4 Å². The molecule has 0 radical (unpaired) electrons. The van der Waals surface area contributed by atoms with E-state index < -0.39 is 23.4 Å². The molecule has 0 saturated heterocycles. The van der Waals surface area contributed by atoms with E-state index in [0.717, 1.165) is 41.9 Å². The lowest BCUT2D eigenvalue weighted by atomic mass is 10.0. The molecule has 0 aliphatic carbocycles. The molecule has 2 atom stereocenters. The number of unbranched alkanes of at least 4 members (excludes halogenated alkanes) is 1. The van der Waals surface area contributed by atoms with Gasteiger partial charge >= 0.3 is 11.9 Å². The highest BCUT2D eigenvalue weighted by molar-refractivity contribution is 6.29. The molecule has 0 saturated carbocycles. The number of rotatable bonds is 16. The van der Waals surface area contributed by atoms with Crippen molar-refractivity contribution in [2.45, 2.75) is 45.1 Å². The topological polar surface area (TPSA) is 80.3 Å². The Labute approximate surface area is 241 Å².